The maximum atomic E-state index is 12.4. The number of hydrogen-bond acceptors (Lipinski definition) is 7. The van der Waals surface area contributed by atoms with E-state index in [1.54, 1.807) is 13.0 Å². The summed E-state index contributed by atoms with van der Waals surface area (Å²) in [6.07, 6.45) is 2.89. The van der Waals surface area contributed by atoms with E-state index in [-0.39, 0.29) is 18.1 Å². The highest BCUT2D eigenvalue weighted by Gasteiger charge is 2.47. The van der Waals surface area contributed by atoms with Gasteiger partial charge in [-0.15, -0.1) is 0 Å². The van der Waals surface area contributed by atoms with Crippen LogP contribution in [-0.4, -0.2) is 58.8 Å². The summed E-state index contributed by atoms with van der Waals surface area (Å²) in [5, 5.41) is 28.2. The number of carbonyl (C=O) groups is 2. The van der Waals surface area contributed by atoms with Crippen LogP contribution in [-0.2, 0) is 19.1 Å². The maximum absolute atomic E-state index is 12.4. The third-order valence-electron chi connectivity index (χ3n) is 5.19. The first-order chi connectivity index (χ1) is 12.8. The number of carbonyl (C=O) groups excluding carboxylic acids is 2. The lowest BCUT2D eigenvalue weighted by atomic mass is 9.82. The fourth-order valence-electron chi connectivity index (χ4n) is 3.51. The van der Waals surface area contributed by atoms with Gasteiger partial charge in [-0.2, -0.15) is 0 Å². The van der Waals surface area contributed by atoms with E-state index in [9.17, 15) is 19.8 Å². The quantitative estimate of drug-likeness (QED) is 0.371. The van der Waals surface area contributed by atoms with Gasteiger partial charge in [-0.1, -0.05) is 25.2 Å². The smallest absolute Gasteiger partial charge is 0.336 e. The molecule has 0 bridgehead atoms. The van der Waals surface area contributed by atoms with Gasteiger partial charge in [0.25, 0.3) is 0 Å². The van der Waals surface area contributed by atoms with Gasteiger partial charge >= 0.3 is 11.9 Å². The van der Waals surface area contributed by atoms with Crippen molar-refractivity contribution in [1.82, 2.24) is 0 Å². The van der Waals surface area contributed by atoms with Gasteiger partial charge in [0.1, 0.15) is 18.3 Å². The molecule has 1 heterocycles. The molecule has 0 amide bonds. The van der Waals surface area contributed by atoms with Crippen LogP contribution in [0.4, 0.5) is 0 Å². The van der Waals surface area contributed by atoms with Crippen molar-refractivity contribution in [1.29, 1.82) is 0 Å². The van der Waals surface area contributed by atoms with Gasteiger partial charge in [-0.3, -0.25) is 4.79 Å². The summed E-state index contributed by atoms with van der Waals surface area (Å²) in [6, 6.07) is 0. The second-order valence-corrected chi connectivity index (χ2v) is 7.21. The van der Waals surface area contributed by atoms with E-state index >= 15 is 0 Å². The summed E-state index contributed by atoms with van der Waals surface area (Å²) < 4.78 is 11.1. The first kappa shape index (κ1) is 21.3. The first-order valence-electron chi connectivity index (χ1n) is 9.13. The molecule has 1 fully saturated rings. The van der Waals surface area contributed by atoms with Crippen molar-refractivity contribution in [3.63, 3.8) is 0 Å². The lowest BCUT2D eigenvalue weighted by Gasteiger charge is -2.29. The van der Waals surface area contributed by atoms with E-state index in [1.807, 2.05) is 13.0 Å². The van der Waals surface area contributed by atoms with Gasteiger partial charge in [-0.25, -0.2) is 4.79 Å². The molecule has 1 unspecified atom stereocenters. The number of esters is 2. The van der Waals surface area contributed by atoms with E-state index in [4.69, 9.17) is 14.6 Å². The minimum Gasteiger partial charge on any atom is -0.458 e. The van der Waals surface area contributed by atoms with Crippen LogP contribution in [0.5, 0.6) is 0 Å². The molecule has 0 radical (unpaired) electrons. The van der Waals surface area contributed by atoms with Crippen LogP contribution in [0, 0.1) is 11.8 Å². The molecule has 0 aromatic rings. The number of aliphatic hydroxyl groups is 3. The van der Waals surface area contributed by atoms with Gasteiger partial charge < -0.3 is 24.8 Å². The largest absolute Gasteiger partial charge is 0.458 e. The van der Waals surface area contributed by atoms with Crippen LogP contribution in [0.2, 0.25) is 0 Å². The molecule has 3 N–H and O–H groups in total. The number of fused-ring (bicyclic) bond motifs is 1. The molecular formula is C20H28O7. The normalized spacial score (nSPS) is 31.7. The molecule has 7 heteroatoms. The second kappa shape index (κ2) is 9.30. The van der Waals surface area contributed by atoms with Gasteiger partial charge in [0.15, 0.2) is 0 Å². The first-order valence-corrected chi connectivity index (χ1v) is 9.13. The molecular weight excluding hydrogens is 352 g/mol. The highest BCUT2D eigenvalue weighted by atomic mass is 16.6. The molecule has 150 valence electrons. The Labute approximate surface area is 159 Å². The van der Waals surface area contributed by atoms with Gasteiger partial charge in [0.05, 0.1) is 30.6 Å². The van der Waals surface area contributed by atoms with Crippen LogP contribution in [0.1, 0.15) is 33.1 Å². The lowest BCUT2D eigenvalue weighted by Crippen LogP contribution is -2.37. The Kier molecular flexibility index (Phi) is 7.35. The molecule has 5 atom stereocenters. The molecule has 0 aromatic carbocycles. The average Bonchev–Trinajstić information content (AvgIpc) is 2.92. The van der Waals surface area contributed by atoms with Crippen molar-refractivity contribution in [2.45, 2.75) is 51.4 Å². The predicted octanol–water partition coefficient (Wildman–Crippen LogP) is 1.03. The fraction of sp³-hybridized carbons (Fsp3) is 0.600. The van der Waals surface area contributed by atoms with E-state index in [0.717, 1.165) is 17.6 Å². The Bertz CT molecular complexity index is 649. The van der Waals surface area contributed by atoms with Crippen LogP contribution in [0.25, 0.3) is 0 Å². The lowest BCUT2D eigenvalue weighted by molar-refractivity contribution is -0.149. The molecule has 27 heavy (non-hydrogen) atoms. The number of hydrogen-bond donors (Lipinski definition) is 3. The van der Waals surface area contributed by atoms with E-state index in [2.05, 4.69) is 6.58 Å². The number of allylic oxidation sites excluding steroid dienone is 1. The van der Waals surface area contributed by atoms with Crippen molar-refractivity contribution >= 4 is 11.9 Å². The summed E-state index contributed by atoms with van der Waals surface area (Å²) in [4.78, 5) is 24.5. The summed E-state index contributed by atoms with van der Waals surface area (Å²) in [5.74, 6) is -2.12. The molecule has 0 aromatic heterocycles. The van der Waals surface area contributed by atoms with E-state index in [0.29, 0.717) is 12.8 Å². The van der Waals surface area contributed by atoms with Crippen LogP contribution in [0.15, 0.2) is 35.5 Å². The standard InChI is InChI=1S/C20H28O7/c1-11-5-4-6-14(9-21)8-17-18(13(3)20(25)27-17)16(7-11)26-19(24)12(2)15(23)10-22/h5,8,13,15-18,21-23H,2,4,6-7,9-10H2,1,3H3/b11-5+,14-8?/t13-,15?,16+,17-,18-/m1/s1. The SMILES string of the molecule is C=C(C(=O)O[C@H]1C/C(C)=C/CCC(CO)=C[C@H]2OC(=O)[C@H](C)[C@H]12)C(O)CO. The third kappa shape index (κ3) is 5.06. The molecule has 0 spiro atoms. The minimum absolute atomic E-state index is 0.133. The Hall–Kier alpha value is -1.96. The Morgan fingerprint density at radius 1 is 1.44 bits per heavy atom. The summed E-state index contributed by atoms with van der Waals surface area (Å²) in [6.45, 7) is 6.36. The van der Waals surface area contributed by atoms with E-state index < -0.39 is 42.7 Å². The summed E-state index contributed by atoms with van der Waals surface area (Å²) in [7, 11) is 0. The Balaban J connectivity index is 2.34. The van der Waals surface area contributed by atoms with Crippen molar-refractivity contribution in [3.05, 3.63) is 35.5 Å². The number of rotatable bonds is 5. The van der Waals surface area contributed by atoms with Gasteiger partial charge in [0, 0.05) is 6.42 Å². The van der Waals surface area contributed by atoms with Crippen LogP contribution < -0.4 is 0 Å². The summed E-state index contributed by atoms with van der Waals surface area (Å²) in [5.41, 5.74) is 1.52. The molecule has 1 saturated heterocycles. The van der Waals surface area contributed by atoms with Crippen molar-refractivity contribution in [2.75, 3.05) is 13.2 Å². The molecule has 1 aliphatic carbocycles. The third-order valence-corrected chi connectivity index (χ3v) is 5.19. The maximum Gasteiger partial charge on any atom is 0.336 e. The average molecular weight is 380 g/mol. The van der Waals surface area contributed by atoms with Crippen molar-refractivity contribution < 1.29 is 34.4 Å². The predicted molar refractivity (Wildman–Crippen MR) is 97.4 cm³/mol. The number of aliphatic hydroxyl groups excluding tert-OH is 3. The Morgan fingerprint density at radius 2 is 2.15 bits per heavy atom. The zero-order chi connectivity index (χ0) is 20.1. The minimum atomic E-state index is -1.40. The number of ether oxygens (including phenoxy) is 2. The van der Waals surface area contributed by atoms with Crippen molar-refractivity contribution in [3.8, 4) is 0 Å². The zero-order valence-corrected chi connectivity index (χ0v) is 15.8. The highest BCUT2D eigenvalue weighted by molar-refractivity contribution is 5.89. The molecule has 2 rings (SSSR count). The molecule has 1 aliphatic heterocycles. The van der Waals surface area contributed by atoms with Crippen molar-refractivity contribution in [2.24, 2.45) is 11.8 Å². The van der Waals surface area contributed by atoms with Gasteiger partial charge in [-0.05, 0) is 31.4 Å². The van der Waals surface area contributed by atoms with E-state index in [1.165, 1.54) is 0 Å². The fourth-order valence-corrected chi connectivity index (χ4v) is 3.51. The molecule has 2 aliphatic rings. The Morgan fingerprint density at radius 3 is 2.78 bits per heavy atom. The second-order valence-electron chi connectivity index (χ2n) is 7.21. The molecule has 7 nitrogen and oxygen atoms in total. The topological polar surface area (TPSA) is 113 Å². The molecule has 0 saturated carbocycles. The highest BCUT2D eigenvalue weighted by Crippen LogP contribution is 2.37. The van der Waals surface area contributed by atoms with Gasteiger partial charge in [0.2, 0.25) is 0 Å². The monoisotopic (exact) mass is 380 g/mol. The van der Waals surface area contributed by atoms with Crippen LogP contribution >= 0.6 is 0 Å². The zero-order valence-electron chi connectivity index (χ0n) is 15.8. The summed E-state index contributed by atoms with van der Waals surface area (Å²) >= 11 is 0. The van der Waals surface area contributed by atoms with Crippen LogP contribution in [0.3, 0.4) is 0 Å².